The summed E-state index contributed by atoms with van der Waals surface area (Å²) in [5.41, 5.74) is 5.88. The molecule has 1 rings (SSSR count). The maximum Gasteiger partial charge on any atom is 0.461 e. The van der Waals surface area contributed by atoms with Gasteiger partial charge in [0.05, 0.1) is 12.1 Å². The fourth-order valence-corrected chi connectivity index (χ4v) is 1.84. The molecule has 0 spiro atoms. The van der Waals surface area contributed by atoms with Gasteiger partial charge in [0.1, 0.15) is 5.75 Å². The molecule has 22 heavy (non-hydrogen) atoms. The highest BCUT2D eigenvalue weighted by molar-refractivity contribution is 5.85. The number of rotatable bonds is 8. The number of alkyl halides is 4. The van der Waals surface area contributed by atoms with Crippen LogP contribution in [0.15, 0.2) is 24.3 Å². The smallest absolute Gasteiger partial charge is 0.428 e. The molecule has 0 aromatic heterocycles. The Balaban J connectivity index is 0.00000441. The van der Waals surface area contributed by atoms with Crippen LogP contribution in [0.3, 0.4) is 0 Å². The van der Waals surface area contributed by atoms with Gasteiger partial charge in [-0.25, -0.2) is 0 Å². The third-order valence-electron chi connectivity index (χ3n) is 3.05. The summed E-state index contributed by atoms with van der Waals surface area (Å²) >= 11 is 0. The third-order valence-corrected chi connectivity index (χ3v) is 3.05. The van der Waals surface area contributed by atoms with E-state index in [2.05, 4.69) is 4.74 Å². The van der Waals surface area contributed by atoms with Crippen molar-refractivity contribution >= 4 is 12.4 Å². The molecule has 1 aromatic rings. The summed E-state index contributed by atoms with van der Waals surface area (Å²) in [6, 6.07) is 4.39. The topological polar surface area (TPSA) is 55.5 Å². The highest BCUT2D eigenvalue weighted by atomic mass is 35.5. The van der Waals surface area contributed by atoms with E-state index in [0.717, 1.165) is 12.5 Å². The second-order valence-electron chi connectivity index (χ2n) is 4.74. The minimum absolute atomic E-state index is 0. The predicted octanol–water partition coefficient (Wildman–Crippen LogP) is 3.90. The Hall–Kier alpha value is -1.05. The first-order chi connectivity index (χ1) is 9.79. The number of nitrogens with two attached hydrogens (primary N) is 1. The Morgan fingerprint density at radius 3 is 2.41 bits per heavy atom. The molecule has 0 saturated heterocycles. The number of ether oxygens (including phenoxy) is 1. The SMILES string of the molecule is CCCC[C@H](O)[C@H](N)c1ccccc1OC(F)(F)C(F)F.Cl. The van der Waals surface area contributed by atoms with Crippen molar-refractivity contribution in [3.63, 3.8) is 0 Å². The van der Waals surface area contributed by atoms with E-state index >= 15 is 0 Å². The molecule has 0 bridgehead atoms. The van der Waals surface area contributed by atoms with E-state index in [4.69, 9.17) is 5.73 Å². The minimum atomic E-state index is -4.61. The molecule has 0 radical (unpaired) electrons. The lowest BCUT2D eigenvalue weighted by Crippen LogP contribution is -2.35. The maximum absolute atomic E-state index is 13.0. The van der Waals surface area contributed by atoms with Crippen molar-refractivity contribution in [1.29, 1.82) is 0 Å². The normalized spacial score (nSPS) is 14.4. The van der Waals surface area contributed by atoms with Crippen molar-refractivity contribution in [2.24, 2.45) is 5.73 Å². The Labute approximate surface area is 132 Å². The maximum atomic E-state index is 13.0. The number of unbranched alkanes of at least 4 members (excludes halogenated alkanes) is 1. The van der Waals surface area contributed by atoms with Crippen molar-refractivity contribution < 1.29 is 27.4 Å². The van der Waals surface area contributed by atoms with Gasteiger partial charge in [0.15, 0.2) is 0 Å². The van der Waals surface area contributed by atoms with Crippen molar-refractivity contribution in [3.05, 3.63) is 29.8 Å². The zero-order valence-corrected chi connectivity index (χ0v) is 12.8. The number of aliphatic hydroxyl groups excluding tert-OH is 1. The Morgan fingerprint density at radius 1 is 1.27 bits per heavy atom. The molecular weight excluding hydrogens is 326 g/mol. The molecule has 1 aromatic carbocycles. The molecule has 0 saturated carbocycles. The molecule has 0 aliphatic heterocycles. The van der Waals surface area contributed by atoms with Crippen LogP contribution in [0.2, 0.25) is 0 Å². The van der Waals surface area contributed by atoms with Crippen LogP contribution in [0.5, 0.6) is 5.75 Å². The van der Waals surface area contributed by atoms with Crippen molar-refractivity contribution in [3.8, 4) is 5.75 Å². The number of halogens is 5. The van der Waals surface area contributed by atoms with Crippen molar-refractivity contribution in [2.75, 3.05) is 0 Å². The predicted molar refractivity (Wildman–Crippen MR) is 77.7 cm³/mol. The van der Waals surface area contributed by atoms with Gasteiger partial charge in [-0.05, 0) is 12.5 Å². The van der Waals surface area contributed by atoms with E-state index in [0.29, 0.717) is 12.8 Å². The highest BCUT2D eigenvalue weighted by Crippen LogP contribution is 2.33. The summed E-state index contributed by atoms with van der Waals surface area (Å²) in [7, 11) is 0. The zero-order valence-electron chi connectivity index (χ0n) is 12.0. The van der Waals surface area contributed by atoms with Crippen molar-refractivity contribution in [2.45, 2.75) is 50.9 Å². The van der Waals surface area contributed by atoms with Crippen LogP contribution in [0.1, 0.15) is 37.8 Å². The lowest BCUT2D eigenvalue weighted by Gasteiger charge is -2.24. The molecule has 0 amide bonds. The van der Waals surface area contributed by atoms with Gasteiger partial charge in [-0.2, -0.15) is 17.6 Å². The van der Waals surface area contributed by atoms with Gasteiger partial charge >= 0.3 is 12.5 Å². The number of hydrogen-bond acceptors (Lipinski definition) is 3. The fraction of sp³-hybridized carbons (Fsp3) is 0.571. The second kappa shape index (κ2) is 9.17. The van der Waals surface area contributed by atoms with Gasteiger partial charge in [-0.15, -0.1) is 12.4 Å². The summed E-state index contributed by atoms with van der Waals surface area (Å²) in [4.78, 5) is 0. The average molecular weight is 346 g/mol. The van der Waals surface area contributed by atoms with Gasteiger partial charge in [-0.1, -0.05) is 38.0 Å². The van der Waals surface area contributed by atoms with Crippen LogP contribution in [0.4, 0.5) is 17.6 Å². The Bertz CT molecular complexity index is 449. The van der Waals surface area contributed by atoms with Crippen LogP contribution in [0, 0.1) is 0 Å². The molecule has 0 aliphatic carbocycles. The molecular formula is C14H20ClF4NO2. The average Bonchev–Trinajstić information content (AvgIpc) is 2.44. The van der Waals surface area contributed by atoms with E-state index in [1.165, 1.54) is 18.2 Å². The number of benzene rings is 1. The number of aliphatic hydroxyl groups is 1. The molecule has 128 valence electrons. The van der Waals surface area contributed by atoms with Gasteiger partial charge in [0.25, 0.3) is 0 Å². The highest BCUT2D eigenvalue weighted by Gasteiger charge is 2.44. The molecule has 0 unspecified atom stereocenters. The summed E-state index contributed by atoms with van der Waals surface area (Å²) in [5.74, 6) is -0.453. The molecule has 0 aliphatic rings. The zero-order chi connectivity index (χ0) is 16.0. The molecule has 2 atom stereocenters. The minimum Gasteiger partial charge on any atom is -0.428 e. The third kappa shape index (κ3) is 5.62. The van der Waals surface area contributed by atoms with Gasteiger partial charge in [0.2, 0.25) is 0 Å². The molecule has 8 heteroatoms. The first-order valence-corrected chi connectivity index (χ1v) is 6.67. The van der Waals surface area contributed by atoms with Crippen LogP contribution in [-0.2, 0) is 0 Å². The number of hydrogen-bond donors (Lipinski definition) is 2. The Kier molecular flexibility index (Phi) is 8.73. The second-order valence-corrected chi connectivity index (χ2v) is 4.74. The molecule has 0 heterocycles. The van der Waals surface area contributed by atoms with Gasteiger partial charge in [-0.3, -0.25) is 0 Å². The van der Waals surface area contributed by atoms with Crippen LogP contribution < -0.4 is 10.5 Å². The van der Waals surface area contributed by atoms with Crippen molar-refractivity contribution in [1.82, 2.24) is 0 Å². The fourth-order valence-electron chi connectivity index (χ4n) is 1.84. The van der Waals surface area contributed by atoms with Crippen LogP contribution in [0.25, 0.3) is 0 Å². The summed E-state index contributed by atoms with van der Waals surface area (Å²) in [6.45, 7) is 1.93. The standard InChI is InChI=1S/C14H19F4NO2.ClH/c1-2-3-7-10(20)12(19)9-6-4-5-8-11(9)21-14(17,18)13(15)16;/h4-6,8,10,12-13,20H,2-3,7,19H2,1H3;1H/t10-,12+;/m0./s1. The molecule has 3 nitrogen and oxygen atoms in total. The first kappa shape index (κ1) is 20.9. The van der Waals surface area contributed by atoms with Crippen LogP contribution >= 0.6 is 12.4 Å². The number of para-hydroxylation sites is 1. The Morgan fingerprint density at radius 2 is 1.86 bits per heavy atom. The molecule has 0 fully saturated rings. The largest absolute Gasteiger partial charge is 0.461 e. The summed E-state index contributed by atoms with van der Waals surface area (Å²) in [6.07, 6.45) is -7.58. The van der Waals surface area contributed by atoms with E-state index < -0.39 is 30.4 Å². The molecule has 3 N–H and O–H groups in total. The van der Waals surface area contributed by atoms with E-state index in [9.17, 15) is 22.7 Å². The van der Waals surface area contributed by atoms with Gasteiger partial charge < -0.3 is 15.6 Å². The van der Waals surface area contributed by atoms with E-state index in [-0.39, 0.29) is 18.0 Å². The summed E-state index contributed by atoms with van der Waals surface area (Å²) < 4.78 is 54.5. The van der Waals surface area contributed by atoms with Gasteiger partial charge in [0, 0.05) is 5.56 Å². The lowest BCUT2D eigenvalue weighted by atomic mass is 9.97. The quantitative estimate of drug-likeness (QED) is 0.703. The van der Waals surface area contributed by atoms with E-state index in [1.54, 1.807) is 0 Å². The first-order valence-electron chi connectivity index (χ1n) is 6.67. The monoisotopic (exact) mass is 345 g/mol. The summed E-state index contributed by atoms with van der Waals surface area (Å²) in [5, 5.41) is 9.92. The van der Waals surface area contributed by atoms with E-state index in [1.807, 2.05) is 6.92 Å². The van der Waals surface area contributed by atoms with Crippen LogP contribution in [-0.4, -0.2) is 23.7 Å². The lowest BCUT2D eigenvalue weighted by molar-refractivity contribution is -0.253.